The molecule has 0 N–H and O–H groups in total. The molecule has 0 aromatic heterocycles. The fourth-order valence-electron chi connectivity index (χ4n) is 2.67. The third kappa shape index (κ3) is 2.79. The average Bonchev–Trinajstić information content (AvgIpc) is 2.54. The summed E-state index contributed by atoms with van der Waals surface area (Å²) in [4.78, 5) is 0. The van der Waals surface area contributed by atoms with Crippen molar-refractivity contribution >= 4 is 10.9 Å². The maximum atomic E-state index is 2.54. The predicted molar refractivity (Wildman–Crippen MR) is 66.9 cm³/mol. The highest BCUT2D eigenvalue weighted by atomic mass is 32.2. The lowest BCUT2D eigenvalue weighted by Gasteiger charge is -2.29. The first-order chi connectivity index (χ1) is 6.66. The predicted octanol–water partition coefficient (Wildman–Crippen LogP) is 3.54. The lowest BCUT2D eigenvalue weighted by molar-refractivity contribution is 0.321. The van der Waals surface area contributed by atoms with Crippen molar-refractivity contribution in [1.82, 2.24) is 0 Å². The van der Waals surface area contributed by atoms with E-state index in [2.05, 4.69) is 19.9 Å². The second kappa shape index (κ2) is 4.30. The van der Waals surface area contributed by atoms with Gasteiger partial charge in [-0.1, -0.05) is 19.9 Å². The standard InChI is InChI=1S/C13H23S/c1-13(2)7-5-6-12(10-13)11-14-8-3-4-9-14/h6H,3-5,7-11H2,1-2H3/q+1. The van der Waals surface area contributed by atoms with Gasteiger partial charge in [-0.3, -0.25) is 0 Å². The van der Waals surface area contributed by atoms with Gasteiger partial charge in [-0.15, -0.1) is 0 Å². The Morgan fingerprint density at radius 3 is 2.64 bits per heavy atom. The van der Waals surface area contributed by atoms with Gasteiger partial charge in [-0.05, 0) is 54.0 Å². The van der Waals surface area contributed by atoms with E-state index >= 15 is 0 Å². The Morgan fingerprint density at radius 1 is 1.29 bits per heavy atom. The van der Waals surface area contributed by atoms with Crippen LogP contribution in [0, 0.1) is 5.41 Å². The van der Waals surface area contributed by atoms with Gasteiger partial charge in [-0.25, -0.2) is 0 Å². The van der Waals surface area contributed by atoms with Crippen molar-refractivity contribution < 1.29 is 0 Å². The fourth-order valence-corrected chi connectivity index (χ4v) is 5.14. The average molecular weight is 211 g/mol. The van der Waals surface area contributed by atoms with Crippen molar-refractivity contribution in [2.24, 2.45) is 5.41 Å². The van der Waals surface area contributed by atoms with Crippen LogP contribution in [0.3, 0.4) is 0 Å². The van der Waals surface area contributed by atoms with Crippen LogP contribution >= 0.6 is 0 Å². The minimum atomic E-state index is 0.590. The maximum absolute atomic E-state index is 2.54. The highest BCUT2D eigenvalue weighted by molar-refractivity contribution is 7.97. The van der Waals surface area contributed by atoms with Gasteiger partial charge in [-0.2, -0.15) is 0 Å². The first kappa shape index (κ1) is 10.6. The van der Waals surface area contributed by atoms with E-state index in [4.69, 9.17) is 0 Å². The van der Waals surface area contributed by atoms with Gasteiger partial charge in [0, 0.05) is 0 Å². The molecule has 0 aromatic rings. The van der Waals surface area contributed by atoms with E-state index in [1.54, 1.807) is 5.57 Å². The summed E-state index contributed by atoms with van der Waals surface area (Å²) in [6.45, 7) is 4.86. The van der Waals surface area contributed by atoms with E-state index < -0.39 is 0 Å². The second-order valence-corrected chi connectivity index (χ2v) is 7.94. The summed E-state index contributed by atoms with van der Waals surface area (Å²) < 4.78 is 0. The summed E-state index contributed by atoms with van der Waals surface area (Å²) in [5.41, 5.74) is 2.37. The SMILES string of the molecule is CC1(C)CCC=C(C[S+]2CCCC2)C1. The molecule has 0 unspecified atom stereocenters. The monoisotopic (exact) mass is 211 g/mol. The van der Waals surface area contributed by atoms with Crippen LogP contribution in [0.4, 0.5) is 0 Å². The smallest absolute Gasteiger partial charge is 0.0806 e. The summed E-state index contributed by atoms with van der Waals surface area (Å²) in [6.07, 6.45) is 9.64. The Hall–Kier alpha value is 0.0900. The Labute approximate surface area is 91.5 Å². The number of rotatable bonds is 2. The van der Waals surface area contributed by atoms with Gasteiger partial charge in [0.1, 0.15) is 17.3 Å². The normalized spacial score (nSPS) is 27.7. The fraction of sp³-hybridized carbons (Fsp3) is 0.846. The molecule has 1 fully saturated rings. The van der Waals surface area contributed by atoms with Crippen molar-refractivity contribution in [3.8, 4) is 0 Å². The van der Waals surface area contributed by atoms with E-state index in [0.29, 0.717) is 5.41 Å². The molecule has 0 amide bonds. The summed E-state index contributed by atoms with van der Waals surface area (Å²) in [7, 11) is 0.774. The summed E-state index contributed by atoms with van der Waals surface area (Å²) in [6, 6.07) is 0. The van der Waals surface area contributed by atoms with E-state index in [-0.39, 0.29) is 0 Å². The maximum Gasteiger partial charge on any atom is 0.129 e. The Bertz CT molecular complexity index is 221. The highest BCUT2D eigenvalue weighted by Gasteiger charge is 2.29. The zero-order chi connectivity index (χ0) is 10.0. The lowest BCUT2D eigenvalue weighted by Crippen LogP contribution is -2.20. The number of hydrogen-bond acceptors (Lipinski definition) is 0. The van der Waals surface area contributed by atoms with Gasteiger partial charge in [0.2, 0.25) is 0 Å². The Morgan fingerprint density at radius 2 is 2.00 bits per heavy atom. The summed E-state index contributed by atoms with van der Waals surface area (Å²) >= 11 is 0. The van der Waals surface area contributed by atoms with E-state index in [1.807, 2.05) is 0 Å². The lowest BCUT2D eigenvalue weighted by atomic mass is 9.78. The minimum absolute atomic E-state index is 0.590. The van der Waals surface area contributed by atoms with E-state index in [9.17, 15) is 0 Å². The van der Waals surface area contributed by atoms with Crippen LogP contribution < -0.4 is 0 Å². The molecule has 0 atom stereocenters. The molecule has 2 rings (SSSR count). The van der Waals surface area contributed by atoms with Crippen LogP contribution in [0.5, 0.6) is 0 Å². The van der Waals surface area contributed by atoms with Gasteiger partial charge in [0.15, 0.2) is 0 Å². The van der Waals surface area contributed by atoms with E-state index in [0.717, 1.165) is 10.9 Å². The number of hydrogen-bond donors (Lipinski definition) is 0. The van der Waals surface area contributed by atoms with Crippen molar-refractivity contribution in [3.05, 3.63) is 11.6 Å². The molecule has 0 saturated carbocycles. The molecule has 1 heterocycles. The first-order valence-corrected chi connectivity index (χ1v) is 7.71. The van der Waals surface area contributed by atoms with Crippen LogP contribution in [0.15, 0.2) is 11.6 Å². The van der Waals surface area contributed by atoms with E-state index in [1.165, 1.54) is 49.4 Å². The van der Waals surface area contributed by atoms with Crippen LogP contribution in [-0.2, 0) is 10.9 Å². The van der Waals surface area contributed by atoms with Crippen LogP contribution in [0.2, 0.25) is 0 Å². The quantitative estimate of drug-likeness (QED) is 0.484. The summed E-state index contributed by atoms with van der Waals surface area (Å²) in [5.74, 6) is 4.50. The zero-order valence-electron chi connectivity index (χ0n) is 9.64. The number of allylic oxidation sites excluding steroid dienone is 1. The molecule has 1 heteroatoms. The first-order valence-electron chi connectivity index (χ1n) is 5.98. The Balaban J connectivity index is 1.88. The molecule has 2 aliphatic rings. The molecule has 0 spiro atoms. The zero-order valence-corrected chi connectivity index (χ0v) is 10.5. The van der Waals surface area contributed by atoms with Crippen LogP contribution in [-0.4, -0.2) is 17.3 Å². The van der Waals surface area contributed by atoms with Crippen molar-refractivity contribution in [2.75, 3.05) is 17.3 Å². The van der Waals surface area contributed by atoms with Gasteiger partial charge in [0.25, 0.3) is 0 Å². The highest BCUT2D eigenvalue weighted by Crippen LogP contribution is 2.36. The molecule has 0 aromatic carbocycles. The molecule has 0 nitrogen and oxygen atoms in total. The minimum Gasteiger partial charge on any atom is -0.0806 e. The molecule has 0 radical (unpaired) electrons. The molecular formula is C13H23S+. The third-order valence-corrected chi connectivity index (χ3v) is 5.98. The largest absolute Gasteiger partial charge is 0.129 e. The van der Waals surface area contributed by atoms with Gasteiger partial charge >= 0.3 is 0 Å². The van der Waals surface area contributed by atoms with Gasteiger partial charge in [0.05, 0.1) is 0 Å². The molecule has 1 saturated heterocycles. The molecule has 0 bridgehead atoms. The third-order valence-electron chi connectivity index (χ3n) is 3.47. The second-order valence-electron chi connectivity index (χ2n) is 5.61. The van der Waals surface area contributed by atoms with Crippen molar-refractivity contribution in [3.63, 3.8) is 0 Å². The van der Waals surface area contributed by atoms with Crippen molar-refractivity contribution in [2.45, 2.75) is 46.0 Å². The van der Waals surface area contributed by atoms with Crippen molar-refractivity contribution in [1.29, 1.82) is 0 Å². The van der Waals surface area contributed by atoms with Crippen LogP contribution in [0.25, 0.3) is 0 Å². The Kier molecular flexibility index (Phi) is 3.26. The molecule has 1 aliphatic heterocycles. The molecule has 14 heavy (non-hydrogen) atoms. The molecular weight excluding hydrogens is 188 g/mol. The molecule has 1 aliphatic carbocycles. The summed E-state index contributed by atoms with van der Waals surface area (Å²) in [5, 5.41) is 0. The molecule has 80 valence electrons. The topological polar surface area (TPSA) is 0 Å². The van der Waals surface area contributed by atoms with Crippen LogP contribution in [0.1, 0.15) is 46.0 Å². The van der Waals surface area contributed by atoms with Gasteiger partial charge < -0.3 is 0 Å².